The average molecular weight is 156 g/mol. The first-order chi connectivity index (χ1) is 5.43. The van der Waals surface area contributed by atoms with E-state index in [1.807, 2.05) is 7.05 Å². The van der Waals surface area contributed by atoms with Crippen molar-refractivity contribution in [1.82, 2.24) is 16.0 Å². The highest BCUT2D eigenvalue weighted by molar-refractivity contribution is 4.73. The van der Waals surface area contributed by atoms with Crippen molar-refractivity contribution in [2.24, 2.45) is 0 Å². The van der Waals surface area contributed by atoms with E-state index in [0.717, 1.165) is 26.2 Å². The van der Waals surface area contributed by atoms with Gasteiger partial charge in [-0.1, -0.05) is 0 Å². The van der Waals surface area contributed by atoms with E-state index in [2.05, 4.69) is 16.0 Å². The van der Waals surface area contributed by atoms with E-state index >= 15 is 0 Å². The summed E-state index contributed by atoms with van der Waals surface area (Å²) in [5, 5.41) is 11.1. The summed E-state index contributed by atoms with van der Waals surface area (Å²) in [6.07, 6.45) is 2.40. The predicted octanol–water partition coefficient (Wildman–Crippen LogP) is -0.438. The number of nitrogens with zero attached hydrogens (tertiary/aromatic N) is 1. The fraction of sp³-hybridized carbons (Fsp3) is 1.00. The minimum absolute atomic E-state index is 0.616. The summed E-state index contributed by atoms with van der Waals surface area (Å²) < 4.78 is 0. The first-order valence-electron chi connectivity index (χ1n) is 4.44. The van der Waals surface area contributed by atoms with Crippen molar-refractivity contribution >= 4 is 0 Å². The summed E-state index contributed by atoms with van der Waals surface area (Å²) in [5.74, 6) is 0. The number of hydrogen-bond acceptors (Lipinski definition) is 2. The molecule has 1 radical (unpaired) electrons. The van der Waals surface area contributed by atoms with E-state index in [4.69, 9.17) is 0 Å². The second-order valence-corrected chi connectivity index (χ2v) is 3.03. The van der Waals surface area contributed by atoms with Crippen LogP contribution in [0, 0.1) is 0 Å². The van der Waals surface area contributed by atoms with E-state index in [1.54, 1.807) is 0 Å². The molecule has 2 N–H and O–H groups in total. The monoisotopic (exact) mass is 156 g/mol. The quantitative estimate of drug-likeness (QED) is 0.581. The molecule has 0 saturated carbocycles. The summed E-state index contributed by atoms with van der Waals surface area (Å²) in [6, 6.07) is 0.616. The predicted molar refractivity (Wildman–Crippen MR) is 46.8 cm³/mol. The van der Waals surface area contributed by atoms with E-state index in [-0.39, 0.29) is 0 Å². The smallest absolute Gasteiger partial charge is 0.0288 e. The van der Waals surface area contributed by atoms with Gasteiger partial charge in [0.1, 0.15) is 0 Å². The Morgan fingerprint density at radius 3 is 3.36 bits per heavy atom. The maximum atomic E-state index is 4.41. The van der Waals surface area contributed by atoms with Gasteiger partial charge in [0.2, 0.25) is 0 Å². The Bertz CT molecular complexity index is 87.3. The largest absolute Gasteiger partial charge is 0.320 e. The SMILES string of the molecule is CNCCC1C[N]CCCN1. The molecule has 0 aromatic carbocycles. The molecular weight excluding hydrogens is 138 g/mol. The standard InChI is InChI=1S/C8H18N3/c1-9-6-3-8-7-10-4-2-5-11-8/h8-9,11H,2-7H2,1H3. The van der Waals surface area contributed by atoms with E-state index in [1.165, 1.54) is 12.8 Å². The van der Waals surface area contributed by atoms with Gasteiger partial charge in [0, 0.05) is 19.1 Å². The number of nitrogens with one attached hydrogen (secondary N) is 2. The van der Waals surface area contributed by atoms with Crippen molar-refractivity contribution in [3.63, 3.8) is 0 Å². The Morgan fingerprint density at radius 2 is 2.55 bits per heavy atom. The highest BCUT2D eigenvalue weighted by atomic mass is 15.0. The fourth-order valence-corrected chi connectivity index (χ4v) is 1.32. The Hall–Kier alpha value is -0.120. The molecule has 1 aliphatic heterocycles. The minimum atomic E-state index is 0.616. The van der Waals surface area contributed by atoms with Crippen molar-refractivity contribution in [1.29, 1.82) is 0 Å². The van der Waals surface area contributed by atoms with Crippen LogP contribution < -0.4 is 16.0 Å². The van der Waals surface area contributed by atoms with Gasteiger partial charge in [-0.15, -0.1) is 0 Å². The van der Waals surface area contributed by atoms with Crippen LogP contribution in [0.1, 0.15) is 12.8 Å². The molecule has 1 unspecified atom stereocenters. The molecule has 0 aromatic heterocycles. The Morgan fingerprint density at radius 1 is 1.64 bits per heavy atom. The Kier molecular flexibility index (Phi) is 4.50. The molecule has 1 atom stereocenters. The van der Waals surface area contributed by atoms with Gasteiger partial charge in [0.15, 0.2) is 0 Å². The van der Waals surface area contributed by atoms with Gasteiger partial charge >= 0.3 is 0 Å². The molecule has 0 aromatic rings. The van der Waals surface area contributed by atoms with E-state index in [9.17, 15) is 0 Å². The zero-order valence-electron chi connectivity index (χ0n) is 7.27. The van der Waals surface area contributed by atoms with Crippen LogP contribution in [0.5, 0.6) is 0 Å². The van der Waals surface area contributed by atoms with Crippen LogP contribution in [0.3, 0.4) is 0 Å². The minimum Gasteiger partial charge on any atom is -0.320 e. The highest BCUT2D eigenvalue weighted by Gasteiger charge is 2.09. The van der Waals surface area contributed by atoms with Crippen molar-refractivity contribution in [2.75, 3.05) is 33.2 Å². The first-order valence-corrected chi connectivity index (χ1v) is 4.44. The van der Waals surface area contributed by atoms with Gasteiger partial charge in [-0.25, -0.2) is 5.32 Å². The summed E-state index contributed by atoms with van der Waals surface area (Å²) >= 11 is 0. The molecular formula is C8H18N3. The van der Waals surface area contributed by atoms with Crippen molar-refractivity contribution < 1.29 is 0 Å². The van der Waals surface area contributed by atoms with Crippen LogP contribution in [0.25, 0.3) is 0 Å². The van der Waals surface area contributed by atoms with Gasteiger partial charge in [0.05, 0.1) is 0 Å². The lowest BCUT2D eigenvalue weighted by atomic mass is 10.2. The summed E-state index contributed by atoms with van der Waals surface area (Å²) in [7, 11) is 1.99. The van der Waals surface area contributed by atoms with Crippen LogP contribution in [-0.4, -0.2) is 39.3 Å². The number of hydrogen-bond donors (Lipinski definition) is 2. The number of rotatable bonds is 3. The summed E-state index contributed by atoms with van der Waals surface area (Å²) in [4.78, 5) is 0. The van der Waals surface area contributed by atoms with Gasteiger partial charge in [-0.3, -0.25) is 0 Å². The maximum absolute atomic E-state index is 4.41. The lowest BCUT2D eigenvalue weighted by Crippen LogP contribution is -2.35. The van der Waals surface area contributed by atoms with Crippen LogP contribution >= 0.6 is 0 Å². The van der Waals surface area contributed by atoms with Gasteiger partial charge < -0.3 is 10.6 Å². The van der Waals surface area contributed by atoms with Crippen LogP contribution in [0.4, 0.5) is 0 Å². The Labute approximate surface area is 68.9 Å². The molecule has 0 spiro atoms. The molecule has 3 heteroatoms. The zero-order valence-corrected chi connectivity index (χ0v) is 7.27. The molecule has 1 rings (SSSR count). The Balaban J connectivity index is 2.09. The second-order valence-electron chi connectivity index (χ2n) is 3.03. The molecule has 3 nitrogen and oxygen atoms in total. The maximum Gasteiger partial charge on any atom is 0.0288 e. The van der Waals surface area contributed by atoms with Crippen LogP contribution in [0.2, 0.25) is 0 Å². The zero-order chi connectivity index (χ0) is 7.94. The van der Waals surface area contributed by atoms with E-state index in [0.29, 0.717) is 6.04 Å². The van der Waals surface area contributed by atoms with Crippen molar-refractivity contribution in [3.8, 4) is 0 Å². The normalized spacial score (nSPS) is 26.5. The molecule has 11 heavy (non-hydrogen) atoms. The first kappa shape index (κ1) is 8.97. The van der Waals surface area contributed by atoms with Crippen molar-refractivity contribution in [2.45, 2.75) is 18.9 Å². The molecule has 0 bridgehead atoms. The molecule has 1 heterocycles. The average Bonchev–Trinajstić information content (AvgIpc) is 2.28. The summed E-state index contributed by atoms with van der Waals surface area (Å²) in [6.45, 7) is 4.27. The van der Waals surface area contributed by atoms with Crippen molar-refractivity contribution in [3.05, 3.63) is 0 Å². The topological polar surface area (TPSA) is 38.2 Å². The molecule has 1 saturated heterocycles. The highest BCUT2D eigenvalue weighted by Crippen LogP contribution is 1.94. The summed E-state index contributed by atoms with van der Waals surface area (Å²) in [5.41, 5.74) is 0. The van der Waals surface area contributed by atoms with Crippen LogP contribution in [-0.2, 0) is 0 Å². The lowest BCUT2D eigenvalue weighted by Gasteiger charge is -2.14. The molecule has 65 valence electrons. The third-order valence-corrected chi connectivity index (χ3v) is 2.02. The fourth-order valence-electron chi connectivity index (χ4n) is 1.32. The molecule has 1 aliphatic rings. The second kappa shape index (κ2) is 5.52. The van der Waals surface area contributed by atoms with E-state index < -0.39 is 0 Å². The lowest BCUT2D eigenvalue weighted by molar-refractivity contribution is 0.483. The third kappa shape index (κ3) is 3.70. The third-order valence-electron chi connectivity index (χ3n) is 2.02. The molecule has 0 aliphatic carbocycles. The molecule has 1 fully saturated rings. The van der Waals surface area contributed by atoms with Crippen LogP contribution in [0.15, 0.2) is 0 Å². The van der Waals surface area contributed by atoms with Gasteiger partial charge in [0.25, 0.3) is 0 Å². The van der Waals surface area contributed by atoms with Gasteiger partial charge in [-0.2, -0.15) is 0 Å². The van der Waals surface area contributed by atoms with Gasteiger partial charge in [-0.05, 0) is 33.0 Å². The molecule has 0 amide bonds.